The van der Waals surface area contributed by atoms with Crippen molar-refractivity contribution in [2.45, 2.75) is 12.1 Å². The summed E-state index contributed by atoms with van der Waals surface area (Å²) in [6.07, 6.45) is 0. The Kier molecular flexibility index (Phi) is 6.78. The summed E-state index contributed by atoms with van der Waals surface area (Å²) in [4.78, 5) is 17.5. The van der Waals surface area contributed by atoms with Gasteiger partial charge in [0.05, 0.1) is 17.1 Å². The van der Waals surface area contributed by atoms with Gasteiger partial charge in [-0.3, -0.25) is 4.79 Å². The predicted molar refractivity (Wildman–Crippen MR) is 137 cm³/mol. The third-order valence-corrected chi connectivity index (χ3v) is 6.89. The Morgan fingerprint density at radius 2 is 1.74 bits per heavy atom. The van der Waals surface area contributed by atoms with E-state index in [9.17, 15) is 4.79 Å². The molecule has 1 N–H and O–H groups in total. The maximum Gasteiger partial charge on any atom is 0.277 e. The normalized spacial score (nSPS) is 14.4. The van der Waals surface area contributed by atoms with Crippen LogP contribution in [-0.4, -0.2) is 59.5 Å². The van der Waals surface area contributed by atoms with Crippen LogP contribution in [0, 0.1) is 0 Å². The van der Waals surface area contributed by atoms with Gasteiger partial charge in [-0.05, 0) is 41.6 Å². The molecule has 8 heteroatoms. The molecule has 5 rings (SSSR count). The van der Waals surface area contributed by atoms with Crippen LogP contribution in [0.3, 0.4) is 0 Å². The van der Waals surface area contributed by atoms with E-state index in [0.717, 1.165) is 60.4 Å². The maximum atomic E-state index is 12.7. The second-order valence-corrected chi connectivity index (χ2v) is 9.14. The first-order valence-corrected chi connectivity index (χ1v) is 12.5. The van der Waals surface area contributed by atoms with Gasteiger partial charge in [0.2, 0.25) is 11.8 Å². The van der Waals surface area contributed by atoms with Crippen LogP contribution in [0.5, 0.6) is 0 Å². The summed E-state index contributed by atoms with van der Waals surface area (Å²) in [5.41, 5.74) is 2.76. The molecule has 0 spiro atoms. The van der Waals surface area contributed by atoms with Gasteiger partial charge < -0.3 is 19.5 Å². The van der Waals surface area contributed by atoms with Crippen molar-refractivity contribution < 1.29 is 9.21 Å². The van der Waals surface area contributed by atoms with Crippen LogP contribution in [0.25, 0.3) is 22.2 Å². The van der Waals surface area contributed by atoms with Gasteiger partial charge in [-0.1, -0.05) is 61.2 Å². The Morgan fingerprint density at radius 1 is 0.971 bits per heavy atom. The van der Waals surface area contributed by atoms with E-state index in [1.165, 1.54) is 11.8 Å². The van der Waals surface area contributed by atoms with Crippen molar-refractivity contribution in [1.29, 1.82) is 0 Å². The summed E-state index contributed by atoms with van der Waals surface area (Å²) >= 11 is 1.24. The highest BCUT2D eigenvalue weighted by Crippen LogP contribution is 2.28. The van der Waals surface area contributed by atoms with E-state index in [2.05, 4.69) is 50.4 Å². The number of carbonyl (C=O) groups is 1. The van der Waals surface area contributed by atoms with Gasteiger partial charge >= 0.3 is 0 Å². The first kappa shape index (κ1) is 22.4. The number of para-hydroxylation sites is 2. The van der Waals surface area contributed by atoms with Gasteiger partial charge in [-0.2, -0.15) is 0 Å². The summed E-state index contributed by atoms with van der Waals surface area (Å²) in [7, 11) is 0. The molecule has 174 valence electrons. The monoisotopic (exact) mass is 473 g/mol. The molecular formula is C26H27N5O2S. The lowest BCUT2D eigenvalue weighted by molar-refractivity contribution is -0.113. The van der Waals surface area contributed by atoms with Gasteiger partial charge in [0.15, 0.2) is 0 Å². The van der Waals surface area contributed by atoms with Crippen LogP contribution >= 0.6 is 11.8 Å². The molecule has 34 heavy (non-hydrogen) atoms. The van der Waals surface area contributed by atoms with E-state index in [4.69, 9.17) is 4.42 Å². The fourth-order valence-corrected chi connectivity index (χ4v) is 4.74. The molecule has 1 amide bonds. The number of nitrogens with zero attached hydrogens (tertiary/aromatic N) is 4. The van der Waals surface area contributed by atoms with Crippen LogP contribution in [-0.2, 0) is 4.79 Å². The molecule has 0 saturated carbocycles. The largest absolute Gasteiger partial charge is 0.411 e. The molecule has 0 aliphatic carbocycles. The minimum atomic E-state index is -0.102. The second-order valence-electron chi connectivity index (χ2n) is 8.21. The quantitative estimate of drug-likeness (QED) is 0.388. The standard InChI is InChI=1S/C26H27N5O2S/c1-2-30-13-15-31(16-14-30)23-10-6-5-9-22(23)27-24(32)18-34-26-29-28-25(33-26)21-12-11-19-7-3-4-8-20(19)17-21/h3-12,17H,2,13-16,18H2,1H3,(H,27,32). The van der Waals surface area contributed by atoms with Crippen molar-refractivity contribution in [3.05, 3.63) is 66.7 Å². The van der Waals surface area contributed by atoms with Gasteiger partial charge in [-0.25, -0.2) is 0 Å². The number of rotatable bonds is 7. The van der Waals surface area contributed by atoms with E-state index in [1.54, 1.807) is 0 Å². The lowest BCUT2D eigenvalue weighted by Gasteiger charge is -2.36. The van der Waals surface area contributed by atoms with Crippen molar-refractivity contribution in [3.8, 4) is 11.5 Å². The topological polar surface area (TPSA) is 74.5 Å². The first-order chi connectivity index (χ1) is 16.7. The van der Waals surface area contributed by atoms with Crippen molar-refractivity contribution in [1.82, 2.24) is 15.1 Å². The second kappa shape index (κ2) is 10.3. The fraction of sp³-hybridized carbons (Fsp3) is 0.269. The van der Waals surface area contributed by atoms with E-state index in [0.29, 0.717) is 11.1 Å². The zero-order valence-electron chi connectivity index (χ0n) is 19.1. The van der Waals surface area contributed by atoms with Crippen LogP contribution in [0.15, 0.2) is 76.4 Å². The summed E-state index contributed by atoms with van der Waals surface area (Å²) in [6.45, 7) is 7.23. The smallest absolute Gasteiger partial charge is 0.277 e. The number of fused-ring (bicyclic) bond motifs is 1. The van der Waals surface area contributed by atoms with E-state index in [-0.39, 0.29) is 11.7 Å². The Bertz CT molecular complexity index is 1280. The third-order valence-electron chi connectivity index (χ3n) is 6.07. The number of nitrogens with one attached hydrogen (secondary N) is 1. The SMILES string of the molecule is CCN1CCN(c2ccccc2NC(=O)CSc2nnc(-c3ccc4ccccc4c3)o2)CC1. The Labute approximate surface area is 203 Å². The van der Waals surface area contributed by atoms with Gasteiger partial charge in [-0.15, -0.1) is 10.2 Å². The third kappa shape index (κ3) is 5.08. The van der Waals surface area contributed by atoms with Crippen LogP contribution in [0.1, 0.15) is 6.92 Å². The van der Waals surface area contributed by atoms with Gasteiger partial charge in [0, 0.05) is 31.7 Å². The molecule has 1 fully saturated rings. The number of amides is 1. The number of aromatic nitrogens is 2. The molecule has 0 unspecified atom stereocenters. The van der Waals surface area contributed by atoms with Gasteiger partial charge in [0.25, 0.3) is 5.22 Å². The lowest BCUT2D eigenvalue weighted by atomic mass is 10.1. The van der Waals surface area contributed by atoms with Crippen molar-refractivity contribution in [3.63, 3.8) is 0 Å². The number of hydrogen-bond donors (Lipinski definition) is 1. The predicted octanol–water partition coefficient (Wildman–Crippen LogP) is 4.76. The minimum Gasteiger partial charge on any atom is -0.411 e. The molecule has 1 saturated heterocycles. The molecular weight excluding hydrogens is 446 g/mol. The molecule has 7 nitrogen and oxygen atoms in total. The molecule has 4 aromatic rings. The number of thioether (sulfide) groups is 1. The molecule has 1 aliphatic rings. The minimum absolute atomic E-state index is 0.102. The number of hydrogen-bond acceptors (Lipinski definition) is 7. The maximum absolute atomic E-state index is 12.7. The number of likely N-dealkylation sites (N-methyl/N-ethyl adjacent to an activating group) is 1. The van der Waals surface area contributed by atoms with Crippen molar-refractivity contribution in [2.75, 3.05) is 48.7 Å². The molecule has 3 aromatic carbocycles. The summed E-state index contributed by atoms with van der Waals surface area (Å²) in [6, 6.07) is 22.1. The molecule has 0 radical (unpaired) electrons. The fourth-order valence-electron chi connectivity index (χ4n) is 4.18. The number of anilines is 2. The summed E-state index contributed by atoms with van der Waals surface area (Å²) in [5, 5.41) is 14.0. The molecule has 2 heterocycles. The molecule has 0 bridgehead atoms. The zero-order chi connectivity index (χ0) is 23.3. The average molecular weight is 474 g/mol. The number of carbonyl (C=O) groups excluding carboxylic acids is 1. The first-order valence-electron chi connectivity index (χ1n) is 11.5. The van der Waals surface area contributed by atoms with Crippen molar-refractivity contribution >= 4 is 39.8 Å². The number of piperazine rings is 1. The highest BCUT2D eigenvalue weighted by molar-refractivity contribution is 7.99. The van der Waals surface area contributed by atoms with E-state index in [1.807, 2.05) is 48.5 Å². The summed E-state index contributed by atoms with van der Waals surface area (Å²) in [5.74, 6) is 0.539. The molecule has 1 aliphatic heterocycles. The lowest BCUT2D eigenvalue weighted by Crippen LogP contribution is -2.46. The Balaban J connectivity index is 1.20. The highest BCUT2D eigenvalue weighted by atomic mass is 32.2. The van der Waals surface area contributed by atoms with Crippen LogP contribution in [0.2, 0.25) is 0 Å². The Morgan fingerprint density at radius 3 is 2.56 bits per heavy atom. The summed E-state index contributed by atoms with van der Waals surface area (Å²) < 4.78 is 5.81. The van der Waals surface area contributed by atoms with E-state index >= 15 is 0 Å². The zero-order valence-corrected chi connectivity index (χ0v) is 19.9. The highest BCUT2D eigenvalue weighted by Gasteiger charge is 2.19. The van der Waals surface area contributed by atoms with Gasteiger partial charge in [0.1, 0.15) is 0 Å². The van der Waals surface area contributed by atoms with Crippen LogP contribution in [0.4, 0.5) is 11.4 Å². The molecule has 1 aromatic heterocycles. The molecule has 0 atom stereocenters. The van der Waals surface area contributed by atoms with Crippen LogP contribution < -0.4 is 10.2 Å². The average Bonchev–Trinajstić information content (AvgIpc) is 3.37. The Hall–Kier alpha value is -3.36. The number of benzene rings is 3. The van der Waals surface area contributed by atoms with E-state index < -0.39 is 0 Å². The van der Waals surface area contributed by atoms with Crippen molar-refractivity contribution in [2.24, 2.45) is 0 Å².